The van der Waals surface area contributed by atoms with E-state index in [1.54, 1.807) is 0 Å². The van der Waals surface area contributed by atoms with Crippen LogP contribution in [0, 0.1) is 11.3 Å². The summed E-state index contributed by atoms with van der Waals surface area (Å²) < 4.78 is 0. The summed E-state index contributed by atoms with van der Waals surface area (Å²) in [6.07, 6.45) is 4.81. The first-order chi connectivity index (χ1) is 5.48. The molecule has 0 nitrogen and oxygen atoms in total. The van der Waals surface area contributed by atoms with Gasteiger partial charge in [0.1, 0.15) is 0 Å². The second-order valence-corrected chi connectivity index (χ2v) is 4.48. The summed E-state index contributed by atoms with van der Waals surface area (Å²) in [6.45, 7) is 13.0. The molecule has 1 saturated carbocycles. The first-order valence-electron chi connectivity index (χ1n) is 4.81. The Morgan fingerprint density at radius 1 is 1.58 bits per heavy atom. The van der Waals surface area contributed by atoms with Gasteiger partial charge in [0.15, 0.2) is 0 Å². The predicted octanol–water partition coefficient (Wildman–Crippen LogP) is 3.95. The fourth-order valence-corrected chi connectivity index (χ4v) is 1.82. The molecule has 1 aliphatic rings. The standard InChI is InChI=1S/C12H20/c1-9(2)7-6-8-12(5)10(3)11(12)4/h7,11H,3,6,8H2,1-2,4-5H3. The lowest BCUT2D eigenvalue weighted by Gasteiger charge is -2.05. The van der Waals surface area contributed by atoms with E-state index in [9.17, 15) is 0 Å². The van der Waals surface area contributed by atoms with Gasteiger partial charge in [-0.1, -0.05) is 37.6 Å². The molecule has 12 heavy (non-hydrogen) atoms. The molecular weight excluding hydrogens is 144 g/mol. The molecule has 0 radical (unpaired) electrons. The molecule has 0 N–H and O–H groups in total. The first kappa shape index (κ1) is 9.57. The van der Waals surface area contributed by atoms with Crippen LogP contribution >= 0.6 is 0 Å². The van der Waals surface area contributed by atoms with Crippen LogP contribution in [0.1, 0.15) is 40.5 Å². The number of hydrogen-bond donors (Lipinski definition) is 0. The Kier molecular flexibility index (Phi) is 2.46. The summed E-state index contributed by atoms with van der Waals surface area (Å²) in [5.74, 6) is 0.753. The first-order valence-corrected chi connectivity index (χ1v) is 4.81. The van der Waals surface area contributed by atoms with Gasteiger partial charge in [-0.3, -0.25) is 0 Å². The zero-order valence-electron chi connectivity index (χ0n) is 8.78. The highest BCUT2D eigenvalue weighted by molar-refractivity contribution is 5.32. The Hall–Kier alpha value is -0.520. The molecule has 0 aromatic carbocycles. The summed E-state index contributed by atoms with van der Waals surface area (Å²) in [5.41, 5.74) is 3.34. The second kappa shape index (κ2) is 3.08. The molecule has 1 aliphatic carbocycles. The lowest BCUT2D eigenvalue weighted by atomic mass is 9.99. The van der Waals surface area contributed by atoms with Crippen molar-refractivity contribution < 1.29 is 0 Å². The summed E-state index contributed by atoms with van der Waals surface area (Å²) in [4.78, 5) is 0. The van der Waals surface area contributed by atoms with E-state index in [1.807, 2.05) is 0 Å². The molecule has 2 unspecified atom stereocenters. The molecule has 0 bridgehead atoms. The summed E-state index contributed by atoms with van der Waals surface area (Å²) in [7, 11) is 0. The molecule has 0 amide bonds. The van der Waals surface area contributed by atoms with Crippen molar-refractivity contribution in [3.63, 3.8) is 0 Å². The minimum atomic E-state index is 0.464. The van der Waals surface area contributed by atoms with E-state index in [-0.39, 0.29) is 0 Å². The maximum Gasteiger partial charge on any atom is -0.00503 e. The van der Waals surface area contributed by atoms with Crippen LogP contribution < -0.4 is 0 Å². The predicted molar refractivity (Wildman–Crippen MR) is 55.1 cm³/mol. The smallest absolute Gasteiger partial charge is 0.00503 e. The van der Waals surface area contributed by atoms with Crippen molar-refractivity contribution in [2.75, 3.05) is 0 Å². The van der Waals surface area contributed by atoms with Crippen LogP contribution in [0.15, 0.2) is 23.8 Å². The molecule has 0 aliphatic heterocycles. The Labute approximate surface area is 76.4 Å². The van der Waals surface area contributed by atoms with Crippen LogP contribution in [0.5, 0.6) is 0 Å². The van der Waals surface area contributed by atoms with Crippen molar-refractivity contribution in [3.8, 4) is 0 Å². The Balaban J connectivity index is 2.35. The van der Waals surface area contributed by atoms with Crippen molar-refractivity contribution in [1.29, 1.82) is 0 Å². The third kappa shape index (κ3) is 1.63. The fourth-order valence-electron chi connectivity index (χ4n) is 1.82. The van der Waals surface area contributed by atoms with Crippen molar-refractivity contribution in [3.05, 3.63) is 23.8 Å². The van der Waals surface area contributed by atoms with Gasteiger partial charge in [-0.05, 0) is 38.0 Å². The highest BCUT2D eigenvalue weighted by Gasteiger charge is 2.50. The quantitative estimate of drug-likeness (QED) is 0.554. The summed E-state index contributed by atoms with van der Waals surface area (Å²) >= 11 is 0. The average Bonchev–Trinajstić information content (AvgIpc) is 2.41. The highest BCUT2D eigenvalue weighted by Crippen LogP contribution is 2.59. The zero-order chi connectivity index (χ0) is 9.35. The van der Waals surface area contributed by atoms with E-state index in [1.165, 1.54) is 24.0 Å². The molecule has 0 heterocycles. The van der Waals surface area contributed by atoms with E-state index in [4.69, 9.17) is 0 Å². The molecule has 68 valence electrons. The van der Waals surface area contributed by atoms with Crippen LogP contribution in [0.2, 0.25) is 0 Å². The van der Waals surface area contributed by atoms with Gasteiger partial charge in [0.2, 0.25) is 0 Å². The molecule has 0 spiro atoms. The zero-order valence-corrected chi connectivity index (χ0v) is 8.78. The molecule has 2 atom stereocenters. The van der Waals surface area contributed by atoms with Gasteiger partial charge in [0, 0.05) is 0 Å². The fraction of sp³-hybridized carbons (Fsp3) is 0.667. The van der Waals surface area contributed by atoms with E-state index in [0.29, 0.717) is 5.41 Å². The Morgan fingerprint density at radius 3 is 2.42 bits per heavy atom. The molecule has 1 rings (SSSR count). The van der Waals surface area contributed by atoms with Gasteiger partial charge < -0.3 is 0 Å². The largest absolute Gasteiger partial charge is 0.0990 e. The number of hydrogen-bond acceptors (Lipinski definition) is 0. The van der Waals surface area contributed by atoms with Crippen LogP contribution in [0.25, 0.3) is 0 Å². The van der Waals surface area contributed by atoms with Gasteiger partial charge in [-0.2, -0.15) is 0 Å². The number of allylic oxidation sites excluding steroid dienone is 3. The third-order valence-corrected chi connectivity index (χ3v) is 3.34. The summed E-state index contributed by atoms with van der Waals surface area (Å²) in [6, 6.07) is 0. The number of rotatable bonds is 3. The highest BCUT2D eigenvalue weighted by atomic mass is 14.5. The SMILES string of the molecule is C=C1C(C)C1(C)CCC=C(C)C. The Bertz CT molecular complexity index is 218. The van der Waals surface area contributed by atoms with Crippen LogP contribution in [0.3, 0.4) is 0 Å². The lowest BCUT2D eigenvalue weighted by Crippen LogP contribution is -1.95. The van der Waals surface area contributed by atoms with E-state index in [2.05, 4.69) is 40.3 Å². The van der Waals surface area contributed by atoms with Crippen LogP contribution in [-0.4, -0.2) is 0 Å². The maximum atomic E-state index is 4.08. The van der Waals surface area contributed by atoms with Gasteiger partial charge >= 0.3 is 0 Å². The lowest BCUT2D eigenvalue weighted by molar-refractivity contribution is 0.491. The van der Waals surface area contributed by atoms with Gasteiger partial charge in [-0.15, -0.1) is 0 Å². The van der Waals surface area contributed by atoms with Crippen molar-refractivity contribution in [1.82, 2.24) is 0 Å². The van der Waals surface area contributed by atoms with Gasteiger partial charge in [0.25, 0.3) is 0 Å². The molecule has 0 heteroatoms. The Morgan fingerprint density at radius 2 is 2.08 bits per heavy atom. The molecular formula is C12H20. The van der Waals surface area contributed by atoms with E-state index >= 15 is 0 Å². The second-order valence-electron chi connectivity index (χ2n) is 4.48. The van der Waals surface area contributed by atoms with Crippen molar-refractivity contribution >= 4 is 0 Å². The van der Waals surface area contributed by atoms with E-state index in [0.717, 1.165) is 5.92 Å². The van der Waals surface area contributed by atoms with Gasteiger partial charge in [-0.25, -0.2) is 0 Å². The molecule has 0 aromatic rings. The monoisotopic (exact) mass is 164 g/mol. The van der Waals surface area contributed by atoms with Crippen molar-refractivity contribution in [2.24, 2.45) is 11.3 Å². The average molecular weight is 164 g/mol. The van der Waals surface area contributed by atoms with Crippen molar-refractivity contribution in [2.45, 2.75) is 40.5 Å². The third-order valence-electron chi connectivity index (χ3n) is 3.34. The molecule has 0 saturated heterocycles. The normalized spacial score (nSPS) is 33.3. The van der Waals surface area contributed by atoms with Crippen LogP contribution in [-0.2, 0) is 0 Å². The maximum absolute atomic E-state index is 4.08. The van der Waals surface area contributed by atoms with E-state index < -0.39 is 0 Å². The topological polar surface area (TPSA) is 0 Å². The van der Waals surface area contributed by atoms with Crippen LogP contribution in [0.4, 0.5) is 0 Å². The molecule has 1 fully saturated rings. The molecule has 0 aromatic heterocycles. The summed E-state index contributed by atoms with van der Waals surface area (Å²) in [5, 5.41) is 0. The minimum Gasteiger partial charge on any atom is -0.0990 e. The minimum absolute atomic E-state index is 0.464. The van der Waals surface area contributed by atoms with Gasteiger partial charge in [0.05, 0.1) is 0 Å².